The van der Waals surface area contributed by atoms with Crippen LogP contribution in [0, 0.1) is 6.92 Å². The van der Waals surface area contributed by atoms with Crippen molar-refractivity contribution in [2.75, 3.05) is 0 Å². The molecule has 0 spiro atoms. The average molecular weight is 265 g/mol. The van der Waals surface area contributed by atoms with Crippen molar-refractivity contribution in [2.45, 2.75) is 42.9 Å². The van der Waals surface area contributed by atoms with Gasteiger partial charge in [-0.15, -0.1) is 0 Å². The van der Waals surface area contributed by atoms with Gasteiger partial charge in [-0.25, -0.2) is 4.98 Å². The van der Waals surface area contributed by atoms with E-state index in [1.165, 1.54) is 5.56 Å². The minimum atomic E-state index is 0.184. The summed E-state index contributed by atoms with van der Waals surface area (Å²) in [7, 11) is 1.96. The van der Waals surface area contributed by atoms with Crippen LogP contribution in [0.25, 0.3) is 0 Å². The number of aromatic amines is 1. The number of nitrogens with zero attached hydrogens (tertiary/aromatic N) is 3. The number of H-pyrrole nitrogens is 1. The second-order valence-corrected chi connectivity index (χ2v) is 5.34. The number of aromatic nitrogens is 4. The van der Waals surface area contributed by atoms with Gasteiger partial charge in [0, 0.05) is 31.0 Å². The van der Waals surface area contributed by atoms with Crippen LogP contribution in [-0.4, -0.2) is 25.8 Å². The molecule has 0 amide bonds. The number of aryl methyl sites for hydroxylation is 2. The van der Waals surface area contributed by atoms with Crippen LogP contribution < -0.4 is 5.73 Å². The zero-order valence-corrected chi connectivity index (χ0v) is 11.8. The van der Waals surface area contributed by atoms with Gasteiger partial charge >= 0.3 is 0 Å². The van der Waals surface area contributed by atoms with Crippen LogP contribution in [0.4, 0.5) is 0 Å². The van der Waals surface area contributed by atoms with E-state index in [1.807, 2.05) is 24.9 Å². The molecule has 2 rings (SSSR count). The predicted octanol–water partition coefficient (Wildman–Crippen LogP) is 1.88. The number of hydrogen-bond acceptors (Lipinski definition) is 4. The number of nitrogens with one attached hydrogen (secondary N) is 1. The third kappa shape index (κ3) is 2.76. The first-order valence-electron chi connectivity index (χ1n) is 6.07. The summed E-state index contributed by atoms with van der Waals surface area (Å²) in [6.45, 7) is 4.14. The van der Waals surface area contributed by atoms with Crippen molar-refractivity contribution in [3.8, 4) is 0 Å². The molecule has 1 atom stereocenters. The molecule has 0 aromatic carbocycles. The van der Waals surface area contributed by atoms with Crippen molar-refractivity contribution < 1.29 is 0 Å². The van der Waals surface area contributed by atoms with E-state index in [9.17, 15) is 0 Å². The zero-order chi connectivity index (χ0) is 13.1. The molecule has 98 valence electrons. The minimum Gasteiger partial charge on any atom is -0.339 e. The van der Waals surface area contributed by atoms with Crippen molar-refractivity contribution in [3.63, 3.8) is 0 Å². The molecule has 0 radical (unpaired) electrons. The molecule has 0 saturated heterocycles. The lowest BCUT2D eigenvalue weighted by Crippen LogP contribution is -2.21. The van der Waals surface area contributed by atoms with E-state index in [0.29, 0.717) is 0 Å². The Labute approximate surface area is 111 Å². The lowest BCUT2D eigenvalue weighted by Gasteiger charge is -2.09. The molecule has 0 bridgehead atoms. The Morgan fingerprint density at radius 1 is 1.56 bits per heavy atom. The fraction of sp³-hybridized carbons (Fsp3) is 0.500. The van der Waals surface area contributed by atoms with E-state index in [0.717, 1.165) is 28.7 Å². The van der Waals surface area contributed by atoms with E-state index >= 15 is 0 Å². The van der Waals surface area contributed by atoms with Crippen molar-refractivity contribution in [2.24, 2.45) is 12.8 Å². The summed E-state index contributed by atoms with van der Waals surface area (Å²) in [6.07, 6.45) is 5.41. The smallest absolute Gasteiger partial charge is 0.171 e. The first kappa shape index (κ1) is 13.2. The molecule has 0 aliphatic rings. The van der Waals surface area contributed by atoms with E-state index < -0.39 is 0 Å². The third-order valence-corrected chi connectivity index (χ3v) is 4.07. The standard InChI is InChI=1S/C12H19N5S/c1-4-9(13)7-10-8(2)16-17(3)11(10)18-12-14-5-6-15-12/h5-6,9H,4,7,13H2,1-3H3,(H,14,15). The molecule has 0 aliphatic carbocycles. The highest BCUT2D eigenvalue weighted by Crippen LogP contribution is 2.30. The molecular formula is C12H19N5S. The maximum atomic E-state index is 6.06. The lowest BCUT2D eigenvalue weighted by molar-refractivity contribution is 0.631. The van der Waals surface area contributed by atoms with Crippen molar-refractivity contribution in [1.29, 1.82) is 0 Å². The summed E-state index contributed by atoms with van der Waals surface area (Å²) >= 11 is 1.60. The normalized spacial score (nSPS) is 12.9. The summed E-state index contributed by atoms with van der Waals surface area (Å²) in [4.78, 5) is 7.33. The SMILES string of the molecule is CCC(N)Cc1c(C)nn(C)c1Sc1ncc[nH]1. The fourth-order valence-electron chi connectivity index (χ4n) is 1.85. The molecule has 1 unspecified atom stereocenters. The predicted molar refractivity (Wildman–Crippen MR) is 72.6 cm³/mol. The van der Waals surface area contributed by atoms with E-state index in [1.54, 1.807) is 18.0 Å². The van der Waals surface area contributed by atoms with Crippen molar-refractivity contribution in [3.05, 3.63) is 23.7 Å². The zero-order valence-electron chi connectivity index (χ0n) is 11.0. The molecule has 2 aromatic heterocycles. The first-order chi connectivity index (χ1) is 8.61. The fourth-order valence-corrected chi connectivity index (χ4v) is 2.80. The van der Waals surface area contributed by atoms with Gasteiger partial charge in [0.1, 0.15) is 5.03 Å². The van der Waals surface area contributed by atoms with Gasteiger partial charge in [-0.1, -0.05) is 6.92 Å². The topological polar surface area (TPSA) is 72.5 Å². The van der Waals surface area contributed by atoms with Gasteiger partial charge in [0.15, 0.2) is 5.16 Å². The molecule has 3 N–H and O–H groups in total. The van der Waals surface area contributed by atoms with Gasteiger partial charge in [-0.2, -0.15) is 5.10 Å². The number of hydrogen-bond donors (Lipinski definition) is 2. The van der Waals surface area contributed by atoms with Crippen LogP contribution in [0.2, 0.25) is 0 Å². The quantitative estimate of drug-likeness (QED) is 0.866. The largest absolute Gasteiger partial charge is 0.339 e. The summed E-state index contributed by atoms with van der Waals surface area (Å²) in [5, 5.41) is 6.47. The van der Waals surface area contributed by atoms with Gasteiger partial charge in [0.05, 0.1) is 5.69 Å². The van der Waals surface area contributed by atoms with E-state index in [2.05, 4.69) is 22.0 Å². The Balaban J connectivity index is 2.27. The van der Waals surface area contributed by atoms with Gasteiger partial charge in [-0.3, -0.25) is 4.68 Å². The number of imidazole rings is 1. The number of rotatable bonds is 5. The second kappa shape index (κ2) is 5.58. The monoisotopic (exact) mass is 265 g/mol. The number of nitrogens with two attached hydrogens (primary N) is 1. The Hall–Kier alpha value is -1.27. The summed E-state index contributed by atoms with van der Waals surface area (Å²) in [6, 6.07) is 0.184. The molecule has 0 saturated carbocycles. The summed E-state index contributed by atoms with van der Waals surface area (Å²) in [5.74, 6) is 0. The van der Waals surface area contributed by atoms with Gasteiger partial charge in [0.2, 0.25) is 0 Å². The molecule has 0 fully saturated rings. The first-order valence-corrected chi connectivity index (χ1v) is 6.88. The maximum absolute atomic E-state index is 6.06. The lowest BCUT2D eigenvalue weighted by atomic mass is 10.1. The highest BCUT2D eigenvalue weighted by atomic mass is 32.2. The van der Waals surface area contributed by atoms with Crippen molar-refractivity contribution in [1.82, 2.24) is 19.7 Å². The van der Waals surface area contributed by atoms with Crippen LogP contribution in [0.3, 0.4) is 0 Å². The molecule has 6 heteroatoms. The molecule has 2 aromatic rings. The van der Waals surface area contributed by atoms with Crippen molar-refractivity contribution >= 4 is 11.8 Å². The van der Waals surface area contributed by atoms with E-state index in [-0.39, 0.29) is 6.04 Å². The second-order valence-electron chi connectivity index (χ2n) is 4.36. The Bertz CT molecular complexity index is 503. The van der Waals surface area contributed by atoms with Crippen LogP contribution in [0.15, 0.2) is 22.6 Å². The Kier molecular flexibility index (Phi) is 4.08. The maximum Gasteiger partial charge on any atom is 0.171 e. The van der Waals surface area contributed by atoms with E-state index in [4.69, 9.17) is 5.73 Å². The summed E-state index contributed by atoms with van der Waals surface area (Å²) < 4.78 is 1.90. The van der Waals surface area contributed by atoms with Crippen LogP contribution in [0.1, 0.15) is 24.6 Å². The van der Waals surface area contributed by atoms with Crippen LogP contribution in [-0.2, 0) is 13.5 Å². The minimum absolute atomic E-state index is 0.184. The summed E-state index contributed by atoms with van der Waals surface area (Å²) in [5.41, 5.74) is 8.34. The average Bonchev–Trinajstić information content (AvgIpc) is 2.93. The third-order valence-electron chi connectivity index (χ3n) is 2.95. The Morgan fingerprint density at radius 3 is 2.94 bits per heavy atom. The highest BCUT2D eigenvalue weighted by Gasteiger charge is 2.17. The molecular weight excluding hydrogens is 246 g/mol. The van der Waals surface area contributed by atoms with Gasteiger partial charge < -0.3 is 10.7 Å². The van der Waals surface area contributed by atoms with Crippen LogP contribution in [0.5, 0.6) is 0 Å². The highest BCUT2D eigenvalue weighted by molar-refractivity contribution is 7.99. The molecule has 2 heterocycles. The van der Waals surface area contributed by atoms with Crippen LogP contribution >= 0.6 is 11.8 Å². The molecule has 18 heavy (non-hydrogen) atoms. The molecule has 0 aliphatic heterocycles. The molecule has 5 nitrogen and oxygen atoms in total. The Morgan fingerprint density at radius 2 is 2.33 bits per heavy atom. The van der Waals surface area contributed by atoms with Gasteiger partial charge in [-0.05, 0) is 31.5 Å². The van der Waals surface area contributed by atoms with Gasteiger partial charge in [0.25, 0.3) is 0 Å².